The Morgan fingerprint density at radius 1 is 0.771 bits per heavy atom. The second-order valence-electron chi connectivity index (χ2n) is 9.96. The molecule has 5 rings (SSSR count). The summed E-state index contributed by atoms with van der Waals surface area (Å²) in [5.74, 6) is -1.94. The van der Waals surface area contributed by atoms with Crippen LogP contribution in [0.2, 0.25) is 0 Å². The predicted octanol–water partition coefficient (Wildman–Crippen LogP) is 4.45. The number of rotatable bonds is 6. The van der Waals surface area contributed by atoms with Crippen molar-refractivity contribution in [3.05, 3.63) is 59.7 Å². The van der Waals surface area contributed by atoms with Crippen LogP contribution in [-0.4, -0.2) is 41.8 Å². The number of carbonyl (C=O) groups is 3. The van der Waals surface area contributed by atoms with Crippen molar-refractivity contribution in [1.29, 1.82) is 0 Å². The molecule has 0 aromatic heterocycles. The van der Waals surface area contributed by atoms with Gasteiger partial charge in [0.25, 0.3) is 0 Å². The van der Waals surface area contributed by atoms with Crippen LogP contribution in [0, 0.1) is 11.8 Å². The highest BCUT2D eigenvalue weighted by molar-refractivity contribution is 5.82. The first kappa shape index (κ1) is 23.4. The van der Waals surface area contributed by atoms with Crippen LogP contribution in [0.25, 0.3) is 11.1 Å². The first-order chi connectivity index (χ1) is 17.0. The number of hydrogen-bond donors (Lipinski definition) is 3. The minimum atomic E-state index is -0.852. The van der Waals surface area contributed by atoms with Crippen molar-refractivity contribution in [3.8, 4) is 11.1 Å². The van der Waals surface area contributed by atoms with E-state index in [1.807, 2.05) is 24.3 Å². The fourth-order valence-corrected chi connectivity index (χ4v) is 6.13. The molecule has 0 spiro atoms. The van der Waals surface area contributed by atoms with Gasteiger partial charge in [-0.15, -0.1) is 0 Å². The summed E-state index contributed by atoms with van der Waals surface area (Å²) in [5.41, 5.74) is 4.65. The minimum Gasteiger partial charge on any atom is -0.481 e. The van der Waals surface area contributed by atoms with Crippen molar-refractivity contribution in [1.82, 2.24) is 10.6 Å². The number of aliphatic carboxylic acids is 1. The van der Waals surface area contributed by atoms with E-state index >= 15 is 0 Å². The van der Waals surface area contributed by atoms with Crippen molar-refractivity contribution in [2.45, 2.75) is 62.9 Å². The summed E-state index contributed by atoms with van der Waals surface area (Å²) in [6.45, 7) is 0.228. The van der Waals surface area contributed by atoms with Crippen molar-refractivity contribution >= 4 is 18.0 Å². The lowest BCUT2D eigenvalue weighted by Crippen LogP contribution is -2.50. The Morgan fingerprint density at radius 3 is 2.03 bits per heavy atom. The Hall–Kier alpha value is -3.35. The smallest absolute Gasteiger partial charge is 0.407 e. The number of carbonyl (C=O) groups excluding carboxylic acids is 2. The Morgan fingerprint density at radius 2 is 1.34 bits per heavy atom. The molecule has 0 aliphatic heterocycles. The fraction of sp³-hybridized carbons (Fsp3) is 0.464. The molecule has 2 fully saturated rings. The standard InChI is InChI=1S/C28H32N2O5/c31-26(29-25-14-6-5-12-22(25)27(32)33)21-13-7-15-24(21)30-28(34)35-16-23-19-10-3-1-8-17(19)18-9-2-4-11-20(18)23/h1-4,8-11,21-25H,5-7,12-16H2,(H,29,31)(H,30,34)(H,32,33)/t21-,22?,24+,25?/m0/s1. The van der Waals surface area contributed by atoms with E-state index in [2.05, 4.69) is 34.9 Å². The van der Waals surface area contributed by atoms with Crippen molar-refractivity contribution in [2.75, 3.05) is 6.61 Å². The van der Waals surface area contributed by atoms with Gasteiger partial charge in [-0.25, -0.2) is 4.79 Å². The zero-order chi connectivity index (χ0) is 24.4. The summed E-state index contributed by atoms with van der Waals surface area (Å²) in [6.07, 6.45) is 4.75. The Labute approximate surface area is 205 Å². The molecule has 3 N–H and O–H groups in total. The van der Waals surface area contributed by atoms with Gasteiger partial charge in [0.15, 0.2) is 0 Å². The third kappa shape index (κ3) is 4.77. The Bertz CT molecular complexity index is 1070. The van der Waals surface area contributed by atoms with Gasteiger partial charge >= 0.3 is 12.1 Å². The van der Waals surface area contributed by atoms with Gasteiger partial charge in [0.2, 0.25) is 5.91 Å². The van der Waals surface area contributed by atoms with E-state index in [0.29, 0.717) is 25.7 Å². The zero-order valence-corrected chi connectivity index (χ0v) is 19.7. The fourth-order valence-electron chi connectivity index (χ4n) is 6.13. The number of alkyl carbamates (subject to hydrolysis) is 1. The molecule has 2 aromatic carbocycles. The van der Waals surface area contributed by atoms with E-state index in [0.717, 1.165) is 30.4 Å². The van der Waals surface area contributed by atoms with Gasteiger partial charge < -0.3 is 20.5 Å². The lowest BCUT2D eigenvalue weighted by molar-refractivity contribution is -0.144. The average molecular weight is 477 g/mol. The molecule has 3 aliphatic rings. The largest absolute Gasteiger partial charge is 0.481 e. The molecule has 0 radical (unpaired) electrons. The summed E-state index contributed by atoms with van der Waals surface area (Å²) in [7, 11) is 0. The quantitative estimate of drug-likeness (QED) is 0.571. The number of fused-ring (bicyclic) bond motifs is 3. The monoisotopic (exact) mass is 476 g/mol. The maximum atomic E-state index is 13.0. The van der Waals surface area contributed by atoms with Crippen LogP contribution in [-0.2, 0) is 14.3 Å². The topological polar surface area (TPSA) is 105 Å². The number of carboxylic acids is 1. The lowest BCUT2D eigenvalue weighted by Gasteiger charge is -2.31. The van der Waals surface area contributed by atoms with Gasteiger partial charge in [-0.05, 0) is 47.9 Å². The highest BCUT2D eigenvalue weighted by atomic mass is 16.5. The van der Waals surface area contributed by atoms with Crippen LogP contribution in [0.15, 0.2) is 48.5 Å². The molecule has 3 aliphatic carbocycles. The van der Waals surface area contributed by atoms with Crippen LogP contribution in [0.4, 0.5) is 4.79 Å². The number of nitrogens with one attached hydrogen (secondary N) is 2. The molecule has 0 bridgehead atoms. The summed E-state index contributed by atoms with van der Waals surface area (Å²) >= 11 is 0. The number of hydrogen-bond acceptors (Lipinski definition) is 4. The van der Waals surface area contributed by atoms with E-state index in [9.17, 15) is 19.5 Å². The van der Waals surface area contributed by atoms with Crippen LogP contribution >= 0.6 is 0 Å². The highest BCUT2D eigenvalue weighted by Gasteiger charge is 2.38. The van der Waals surface area contributed by atoms with Gasteiger partial charge in [-0.3, -0.25) is 9.59 Å². The third-order valence-corrected chi connectivity index (χ3v) is 7.91. The van der Waals surface area contributed by atoms with Crippen LogP contribution in [0.5, 0.6) is 0 Å². The molecular weight excluding hydrogens is 444 g/mol. The first-order valence-corrected chi connectivity index (χ1v) is 12.7. The van der Waals surface area contributed by atoms with Crippen molar-refractivity contribution in [2.24, 2.45) is 11.8 Å². The molecule has 2 aromatic rings. The number of ether oxygens (including phenoxy) is 1. The summed E-state index contributed by atoms with van der Waals surface area (Å²) in [4.78, 5) is 37.3. The maximum Gasteiger partial charge on any atom is 0.407 e. The van der Waals surface area contributed by atoms with Gasteiger partial charge in [-0.1, -0.05) is 67.8 Å². The van der Waals surface area contributed by atoms with Crippen LogP contribution in [0.1, 0.15) is 62.0 Å². The van der Waals surface area contributed by atoms with Crippen molar-refractivity contribution < 1.29 is 24.2 Å². The second-order valence-corrected chi connectivity index (χ2v) is 9.96. The van der Waals surface area contributed by atoms with Gasteiger partial charge in [0.05, 0.1) is 11.8 Å². The molecule has 4 atom stereocenters. The van der Waals surface area contributed by atoms with E-state index in [1.165, 1.54) is 11.1 Å². The summed E-state index contributed by atoms with van der Waals surface area (Å²) in [5, 5.41) is 15.4. The molecular formula is C28H32N2O5. The first-order valence-electron chi connectivity index (χ1n) is 12.7. The second kappa shape index (κ2) is 10.1. The van der Waals surface area contributed by atoms with Crippen LogP contribution in [0.3, 0.4) is 0 Å². The molecule has 184 valence electrons. The summed E-state index contributed by atoms with van der Waals surface area (Å²) in [6, 6.07) is 15.7. The predicted molar refractivity (Wildman–Crippen MR) is 131 cm³/mol. The van der Waals surface area contributed by atoms with Gasteiger partial charge in [-0.2, -0.15) is 0 Å². The van der Waals surface area contributed by atoms with Crippen LogP contribution < -0.4 is 10.6 Å². The van der Waals surface area contributed by atoms with E-state index in [4.69, 9.17) is 4.74 Å². The highest BCUT2D eigenvalue weighted by Crippen LogP contribution is 2.44. The molecule has 0 saturated heterocycles. The Balaban J connectivity index is 1.19. The van der Waals surface area contributed by atoms with Gasteiger partial charge in [0.1, 0.15) is 6.61 Å². The average Bonchev–Trinajstić information content (AvgIpc) is 3.45. The molecule has 7 heteroatoms. The molecule has 7 nitrogen and oxygen atoms in total. The molecule has 2 saturated carbocycles. The maximum absolute atomic E-state index is 13.0. The number of benzene rings is 2. The SMILES string of the molecule is O=C(N[C@@H]1CCC[C@@H]1C(=O)NC1CCCCC1C(=O)O)OCC1c2ccccc2-c2ccccc21. The van der Waals surface area contributed by atoms with Gasteiger partial charge in [0, 0.05) is 18.0 Å². The molecule has 0 heterocycles. The third-order valence-electron chi connectivity index (χ3n) is 7.91. The molecule has 35 heavy (non-hydrogen) atoms. The van der Waals surface area contributed by atoms with E-state index < -0.39 is 18.0 Å². The molecule has 2 unspecified atom stereocenters. The van der Waals surface area contributed by atoms with Crippen molar-refractivity contribution in [3.63, 3.8) is 0 Å². The number of amides is 2. The lowest BCUT2D eigenvalue weighted by atomic mass is 9.84. The van der Waals surface area contributed by atoms with E-state index in [1.54, 1.807) is 0 Å². The summed E-state index contributed by atoms with van der Waals surface area (Å²) < 4.78 is 5.67. The number of carboxylic acid groups (broad SMARTS) is 1. The van der Waals surface area contributed by atoms with E-state index in [-0.39, 0.29) is 36.4 Å². The Kier molecular flexibility index (Phi) is 6.75. The molecule has 2 amide bonds. The zero-order valence-electron chi connectivity index (χ0n) is 19.7. The normalized spacial score (nSPS) is 25.4. The minimum absolute atomic E-state index is 0.0184.